The number of para-hydroxylation sites is 1. The molecule has 0 atom stereocenters. The topological polar surface area (TPSA) is 51.5 Å². The molecule has 2 aromatic carbocycles. The van der Waals surface area contributed by atoms with E-state index in [1.165, 1.54) is 0 Å². The van der Waals surface area contributed by atoms with Crippen LogP contribution < -0.4 is 10.1 Å². The summed E-state index contributed by atoms with van der Waals surface area (Å²) in [6.07, 6.45) is 1.59. The Balaban J connectivity index is 1.53. The molecule has 3 aromatic rings. The molecule has 0 bridgehead atoms. The highest BCUT2D eigenvalue weighted by atomic mass is 16.5. The molecule has 0 spiro atoms. The number of amides is 1. The van der Waals surface area contributed by atoms with Crippen molar-refractivity contribution >= 4 is 5.91 Å². The minimum atomic E-state index is -0.128. The average molecular weight is 307 g/mol. The van der Waals surface area contributed by atoms with Crippen molar-refractivity contribution in [2.45, 2.75) is 13.2 Å². The van der Waals surface area contributed by atoms with Crippen LogP contribution in [0.3, 0.4) is 0 Å². The van der Waals surface area contributed by atoms with E-state index in [9.17, 15) is 4.79 Å². The van der Waals surface area contributed by atoms with Gasteiger partial charge in [0.1, 0.15) is 18.1 Å². The van der Waals surface area contributed by atoms with Gasteiger partial charge < -0.3 is 14.5 Å². The molecule has 0 aliphatic heterocycles. The Bertz CT molecular complexity index is 734. The molecule has 0 radical (unpaired) electrons. The van der Waals surface area contributed by atoms with Crippen LogP contribution in [-0.2, 0) is 13.2 Å². The molecular weight excluding hydrogens is 290 g/mol. The second-order valence-electron chi connectivity index (χ2n) is 5.06. The van der Waals surface area contributed by atoms with Crippen LogP contribution in [0.5, 0.6) is 5.75 Å². The number of carbonyl (C=O) groups excluding carboxylic acids is 1. The average Bonchev–Trinajstić information content (AvgIpc) is 3.13. The van der Waals surface area contributed by atoms with Crippen molar-refractivity contribution in [2.75, 3.05) is 0 Å². The molecule has 0 saturated heterocycles. The van der Waals surface area contributed by atoms with Gasteiger partial charge >= 0.3 is 0 Å². The van der Waals surface area contributed by atoms with Crippen LogP contribution in [0.25, 0.3) is 0 Å². The van der Waals surface area contributed by atoms with Gasteiger partial charge in [0.15, 0.2) is 0 Å². The quantitative estimate of drug-likeness (QED) is 0.754. The van der Waals surface area contributed by atoms with Gasteiger partial charge in [-0.1, -0.05) is 30.3 Å². The molecule has 1 N–H and O–H groups in total. The van der Waals surface area contributed by atoms with Gasteiger partial charge in [0.05, 0.1) is 12.8 Å². The molecule has 0 aliphatic carbocycles. The van der Waals surface area contributed by atoms with Crippen LogP contribution in [0.15, 0.2) is 77.4 Å². The fourth-order valence-electron chi connectivity index (χ4n) is 2.12. The molecule has 1 heterocycles. The molecule has 4 heteroatoms. The maximum absolute atomic E-state index is 12.0. The van der Waals surface area contributed by atoms with E-state index in [4.69, 9.17) is 9.15 Å². The van der Waals surface area contributed by atoms with Crippen LogP contribution in [-0.4, -0.2) is 5.91 Å². The van der Waals surface area contributed by atoms with E-state index >= 15 is 0 Å². The zero-order valence-corrected chi connectivity index (χ0v) is 12.6. The lowest BCUT2D eigenvalue weighted by Gasteiger charge is -2.07. The third-order valence-corrected chi connectivity index (χ3v) is 3.37. The summed E-state index contributed by atoms with van der Waals surface area (Å²) in [5.74, 6) is 1.43. The van der Waals surface area contributed by atoms with Crippen molar-refractivity contribution < 1.29 is 13.9 Å². The molecule has 1 amide bonds. The van der Waals surface area contributed by atoms with Gasteiger partial charge in [-0.25, -0.2) is 0 Å². The lowest BCUT2D eigenvalue weighted by molar-refractivity contribution is 0.0948. The number of benzene rings is 2. The SMILES string of the molecule is O=C(NCc1ccco1)c1ccc(COc2ccccc2)cc1. The zero-order valence-electron chi connectivity index (χ0n) is 12.6. The van der Waals surface area contributed by atoms with E-state index in [1.807, 2.05) is 48.5 Å². The number of rotatable bonds is 6. The maximum atomic E-state index is 12.0. The zero-order chi connectivity index (χ0) is 15.9. The minimum Gasteiger partial charge on any atom is -0.489 e. The number of furan rings is 1. The molecular formula is C19H17NO3. The number of carbonyl (C=O) groups is 1. The summed E-state index contributed by atoms with van der Waals surface area (Å²) < 4.78 is 10.9. The third-order valence-electron chi connectivity index (χ3n) is 3.37. The smallest absolute Gasteiger partial charge is 0.251 e. The van der Waals surface area contributed by atoms with E-state index in [2.05, 4.69) is 5.32 Å². The summed E-state index contributed by atoms with van der Waals surface area (Å²) in [7, 11) is 0. The summed E-state index contributed by atoms with van der Waals surface area (Å²) in [5.41, 5.74) is 1.62. The largest absolute Gasteiger partial charge is 0.489 e. The molecule has 3 rings (SSSR count). The normalized spacial score (nSPS) is 10.3. The molecule has 0 unspecified atom stereocenters. The van der Waals surface area contributed by atoms with Crippen LogP contribution >= 0.6 is 0 Å². The van der Waals surface area contributed by atoms with Crippen LogP contribution in [0.1, 0.15) is 21.7 Å². The Kier molecular flexibility index (Phi) is 4.74. The van der Waals surface area contributed by atoms with E-state index < -0.39 is 0 Å². The highest BCUT2D eigenvalue weighted by Gasteiger charge is 2.06. The Labute approximate surface area is 134 Å². The highest BCUT2D eigenvalue weighted by molar-refractivity contribution is 5.94. The Hall–Kier alpha value is -3.01. The molecule has 0 saturated carbocycles. The van der Waals surface area contributed by atoms with Gasteiger partial charge in [-0.3, -0.25) is 4.79 Å². The molecule has 0 aliphatic rings. The Morgan fingerprint density at radius 1 is 0.957 bits per heavy atom. The van der Waals surface area contributed by atoms with Crippen molar-refractivity contribution in [3.05, 3.63) is 89.9 Å². The molecule has 4 nitrogen and oxygen atoms in total. The maximum Gasteiger partial charge on any atom is 0.251 e. The predicted octanol–water partition coefficient (Wildman–Crippen LogP) is 3.79. The number of ether oxygens (including phenoxy) is 1. The molecule has 1 aromatic heterocycles. The van der Waals surface area contributed by atoms with Crippen molar-refractivity contribution in [2.24, 2.45) is 0 Å². The predicted molar refractivity (Wildman–Crippen MR) is 87.1 cm³/mol. The van der Waals surface area contributed by atoms with E-state index in [0.29, 0.717) is 18.7 Å². The Morgan fingerprint density at radius 2 is 1.74 bits per heavy atom. The van der Waals surface area contributed by atoms with Gasteiger partial charge in [-0.2, -0.15) is 0 Å². The molecule has 23 heavy (non-hydrogen) atoms. The van der Waals surface area contributed by atoms with Gasteiger partial charge in [0.2, 0.25) is 0 Å². The summed E-state index contributed by atoms with van der Waals surface area (Å²) >= 11 is 0. The second-order valence-corrected chi connectivity index (χ2v) is 5.06. The first-order valence-corrected chi connectivity index (χ1v) is 7.38. The first-order valence-electron chi connectivity index (χ1n) is 7.38. The summed E-state index contributed by atoms with van der Waals surface area (Å²) in [6, 6.07) is 20.6. The lowest BCUT2D eigenvalue weighted by Crippen LogP contribution is -2.22. The summed E-state index contributed by atoms with van der Waals surface area (Å²) in [6.45, 7) is 0.850. The third kappa shape index (κ3) is 4.23. The fourth-order valence-corrected chi connectivity index (χ4v) is 2.12. The lowest BCUT2D eigenvalue weighted by atomic mass is 10.1. The number of hydrogen-bond acceptors (Lipinski definition) is 3. The van der Waals surface area contributed by atoms with Gasteiger partial charge in [0, 0.05) is 5.56 Å². The Morgan fingerprint density at radius 3 is 2.43 bits per heavy atom. The van der Waals surface area contributed by atoms with Crippen molar-refractivity contribution in [1.29, 1.82) is 0 Å². The van der Waals surface area contributed by atoms with Gasteiger partial charge in [-0.05, 0) is 42.0 Å². The molecule has 116 valence electrons. The standard InChI is InChI=1S/C19H17NO3/c21-19(20-13-18-7-4-12-22-18)16-10-8-15(9-11-16)14-23-17-5-2-1-3-6-17/h1-12H,13-14H2,(H,20,21). The van der Waals surface area contributed by atoms with Crippen LogP contribution in [0.4, 0.5) is 0 Å². The van der Waals surface area contributed by atoms with Crippen molar-refractivity contribution in [3.63, 3.8) is 0 Å². The van der Waals surface area contributed by atoms with E-state index in [0.717, 1.165) is 17.1 Å². The first-order chi connectivity index (χ1) is 11.3. The fraction of sp³-hybridized carbons (Fsp3) is 0.105. The minimum absolute atomic E-state index is 0.128. The van der Waals surface area contributed by atoms with E-state index in [-0.39, 0.29) is 5.91 Å². The highest BCUT2D eigenvalue weighted by Crippen LogP contribution is 2.12. The second kappa shape index (κ2) is 7.31. The summed E-state index contributed by atoms with van der Waals surface area (Å²) in [4.78, 5) is 12.0. The van der Waals surface area contributed by atoms with Gasteiger partial charge in [0.25, 0.3) is 5.91 Å². The number of hydrogen-bond donors (Lipinski definition) is 1. The van der Waals surface area contributed by atoms with Crippen LogP contribution in [0, 0.1) is 0 Å². The van der Waals surface area contributed by atoms with Gasteiger partial charge in [-0.15, -0.1) is 0 Å². The summed E-state index contributed by atoms with van der Waals surface area (Å²) in [5, 5.41) is 2.81. The first kappa shape index (κ1) is 14.9. The van der Waals surface area contributed by atoms with Crippen LogP contribution in [0.2, 0.25) is 0 Å². The monoisotopic (exact) mass is 307 g/mol. The number of nitrogens with one attached hydrogen (secondary N) is 1. The van der Waals surface area contributed by atoms with Crippen molar-refractivity contribution in [3.8, 4) is 5.75 Å². The van der Waals surface area contributed by atoms with E-state index in [1.54, 1.807) is 24.5 Å². The van der Waals surface area contributed by atoms with Crippen molar-refractivity contribution in [1.82, 2.24) is 5.32 Å². The molecule has 0 fully saturated rings.